The molecule has 0 saturated carbocycles. The summed E-state index contributed by atoms with van der Waals surface area (Å²) in [7, 11) is 1.58. The first-order valence-electron chi connectivity index (χ1n) is 10.1. The molecule has 0 unspecified atom stereocenters. The van der Waals surface area contributed by atoms with Crippen molar-refractivity contribution in [2.24, 2.45) is 0 Å². The van der Waals surface area contributed by atoms with E-state index in [-0.39, 0.29) is 5.91 Å². The van der Waals surface area contributed by atoms with E-state index in [0.717, 1.165) is 17.7 Å². The Balaban J connectivity index is 1.38. The van der Waals surface area contributed by atoms with Crippen molar-refractivity contribution in [1.29, 1.82) is 0 Å². The van der Waals surface area contributed by atoms with Crippen LogP contribution in [0, 0.1) is 0 Å². The van der Waals surface area contributed by atoms with Crippen LogP contribution in [-0.4, -0.2) is 33.4 Å². The molecule has 4 rings (SSSR count). The molecule has 0 fully saturated rings. The van der Waals surface area contributed by atoms with Gasteiger partial charge in [-0.3, -0.25) is 4.79 Å². The molecule has 32 heavy (non-hydrogen) atoms. The summed E-state index contributed by atoms with van der Waals surface area (Å²) in [5.74, 6) is 0.799. The zero-order chi connectivity index (χ0) is 22.5. The maximum absolute atomic E-state index is 12.6. The number of thioether (sulfide) groups is 1. The number of benzene rings is 2. The van der Waals surface area contributed by atoms with Gasteiger partial charge in [0.05, 0.1) is 23.6 Å². The summed E-state index contributed by atoms with van der Waals surface area (Å²) in [5, 5.41) is 13.4. The van der Waals surface area contributed by atoms with Crippen molar-refractivity contribution in [3.63, 3.8) is 0 Å². The van der Waals surface area contributed by atoms with Crippen LogP contribution in [0.5, 0.6) is 5.75 Å². The Kier molecular flexibility index (Phi) is 6.87. The summed E-state index contributed by atoms with van der Waals surface area (Å²) in [4.78, 5) is 17.2. The van der Waals surface area contributed by atoms with Crippen LogP contribution in [0.15, 0.2) is 63.6 Å². The van der Waals surface area contributed by atoms with Gasteiger partial charge in [0.15, 0.2) is 5.13 Å². The van der Waals surface area contributed by atoms with Gasteiger partial charge in [0.25, 0.3) is 11.1 Å². The Morgan fingerprint density at radius 3 is 2.72 bits per heavy atom. The summed E-state index contributed by atoms with van der Waals surface area (Å²) in [5.41, 5.74) is 3.84. The largest absolute Gasteiger partial charge is 0.496 e. The molecule has 1 N–H and O–H groups in total. The lowest BCUT2D eigenvalue weighted by molar-refractivity contribution is -0.115. The third-order valence-corrected chi connectivity index (χ3v) is 6.47. The molecule has 1 amide bonds. The van der Waals surface area contributed by atoms with Crippen LogP contribution in [0.25, 0.3) is 22.7 Å². The zero-order valence-electron chi connectivity index (χ0n) is 17.9. The van der Waals surface area contributed by atoms with Crippen LogP contribution in [0.4, 0.5) is 5.13 Å². The quantitative estimate of drug-likeness (QED) is 0.340. The van der Waals surface area contributed by atoms with Crippen molar-refractivity contribution in [3.05, 3.63) is 59.5 Å². The monoisotopic (exact) mass is 466 g/mol. The molecule has 0 spiro atoms. The molecule has 1 atom stereocenters. The molecule has 0 radical (unpaired) electrons. The molecule has 0 aliphatic heterocycles. The molecule has 0 aliphatic carbocycles. The average molecular weight is 467 g/mol. The molecule has 7 nitrogen and oxygen atoms in total. The number of aryl methyl sites for hydroxylation is 1. The summed E-state index contributed by atoms with van der Waals surface area (Å²) in [6.07, 6.45) is 0.995. The van der Waals surface area contributed by atoms with Crippen LogP contribution in [0.1, 0.15) is 19.4 Å². The summed E-state index contributed by atoms with van der Waals surface area (Å²) < 4.78 is 11.1. The predicted octanol–water partition coefficient (Wildman–Crippen LogP) is 5.55. The maximum Gasteiger partial charge on any atom is 0.277 e. The van der Waals surface area contributed by atoms with E-state index < -0.39 is 5.25 Å². The number of nitrogens with zero attached hydrogens (tertiary/aromatic N) is 3. The Hall–Kier alpha value is -3.17. The molecule has 0 aliphatic rings. The number of ether oxygens (including phenoxy) is 1. The molecule has 2 aromatic heterocycles. The minimum atomic E-state index is -0.447. The first-order valence-corrected chi connectivity index (χ1v) is 11.8. The lowest BCUT2D eigenvalue weighted by atomic mass is 10.1. The minimum Gasteiger partial charge on any atom is -0.496 e. The highest BCUT2D eigenvalue weighted by atomic mass is 32.2. The van der Waals surface area contributed by atoms with Crippen LogP contribution >= 0.6 is 23.1 Å². The third-order valence-electron chi connectivity index (χ3n) is 4.78. The van der Waals surface area contributed by atoms with E-state index in [9.17, 15) is 4.79 Å². The van der Waals surface area contributed by atoms with E-state index in [1.807, 2.05) is 41.8 Å². The normalized spacial score (nSPS) is 11.8. The van der Waals surface area contributed by atoms with Crippen LogP contribution in [0.3, 0.4) is 0 Å². The molecule has 0 saturated heterocycles. The lowest BCUT2D eigenvalue weighted by Gasteiger charge is -2.07. The number of rotatable bonds is 8. The number of nitrogens with one attached hydrogen (secondary N) is 1. The molecule has 2 aromatic carbocycles. The van der Waals surface area contributed by atoms with Crippen LogP contribution < -0.4 is 10.1 Å². The highest BCUT2D eigenvalue weighted by molar-refractivity contribution is 8.00. The van der Waals surface area contributed by atoms with E-state index in [1.54, 1.807) is 14.0 Å². The van der Waals surface area contributed by atoms with Crippen LogP contribution in [0.2, 0.25) is 0 Å². The maximum atomic E-state index is 12.6. The number of aromatic nitrogens is 3. The average Bonchev–Trinajstić information content (AvgIpc) is 3.49. The number of carbonyl (C=O) groups is 1. The summed E-state index contributed by atoms with van der Waals surface area (Å²) in [6.45, 7) is 3.91. The summed E-state index contributed by atoms with van der Waals surface area (Å²) >= 11 is 2.59. The molecule has 164 valence electrons. The van der Waals surface area contributed by atoms with Crippen molar-refractivity contribution < 1.29 is 13.9 Å². The van der Waals surface area contributed by atoms with Gasteiger partial charge < -0.3 is 14.5 Å². The number of hydrogen-bond donors (Lipinski definition) is 1. The molecule has 9 heteroatoms. The van der Waals surface area contributed by atoms with E-state index in [0.29, 0.717) is 27.6 Å². The fourth-order valence-corrected chi connectivity index (χ4v) is 4.38. The number of anilines is 1. The van der Waals surface area contributed by atoms with Gasteiger partial charge >= 0.3 is 0 Å². The van der Waals surface area contributed by atoms with Gasteiger partial charge in [-0.2, -0.15) is 0 Å². The standard InChI is InChI=1S/C23H22N4O3S2/c1-4-15-9-11-16(12-10-15)18-13-31-22(24-18)25-20(28)14(2)32-23-27-26-21(30-23)17-7-5-6-8-19(17)29-3/h5-14H,4H2,1-3H3,(H,24,25,28)/t14-/m1/s1. The topological polar surface area (TPSA) is 90.1 Å². The third kappa shape index (κ3) is 5.00. The van der Waals surface area contributed by atoms with E-state index in [2.05, 4.69) is 39.6 Å². The highest BCUT2D eigenvalue weighted by Crippen LogP contribution is 2.32. The van der Waals surface area contributed by atoms with Gasteiger partial charge in [0.1, 0.15) is 5.75 Å². The van der Waals surface area contributed by atoms with Crippen molar-refractivity contribution >= 4 is 34.1 Å². The molecular weight excluding hydrogens is 444 g/mol. The van der Waals surface area contributed by atoms with Gasteiger partial charge in [-0.25, -0.2) is 4.98 Å². The number of methoxy groups -OCH3 is 1. The second-order valence-electron chi connectivity index (χ2n) is 6.91. The van der Waals surface area contributed by atoms with Gasteiger partial charge in [0.2, 0.25) is 5.91 Å². The number of carbonyl (C=O) groups excluding carboxylic acids is 1. The number of amides is 1. The number of hydrogen-bond acceptors (Lipinski definition) is 8. The van der Waals surface area contributed by atoms with E-state index in [4.69, 9.17) is 9.15 Å². The van der Waals surface area contributed by atoms with Gasteiger partial charge in [0, 0.05) is 10.9 Å². The summed E-state index contributed by atoms with van der Waals surface area (Å²) in [6, 6.07) is 15.7. The fourth-order valence-electron chi connectivity index (χ4n) is 2.97. The van der Waals surface area contributed by atoms with Gasteiger partial charge in [-0.05, 0) is 31.0 Å². The van der Waals surface area contributed by atoms with Crippen molar-refractivity contribution in [3.8, 4) is 28.5 Å². The molecule has 4 aromatic rings. The first-order chi connectivity index (χ1) is 15.6. The Morgan fingerprint density at radius 1 is 1.19 bits per heavy atom. The smallest absolute Gasteiger partial charge is 0.277 e. The number of para-hydroxylation sites is 1. The zero-order valence-corrected chi connectivity index (χ0v) is 19.5. The van der Waals surface area contributed by atoms with Gasteiger partial charge in [-0.1, -0.05) is 55.1 Å². The predicted molar refractivity (Wildman–Crippen MR) is 127 cm³/mol. The molecule has 0 bridgehead atoms. The first kappa shape index (κ1) is 22.0. The van der Waals surface area contributed by atoms with Crippen molar-refractivity contribution in [2.45, 2.75) is 30.7 Å². The lowest BCUT2D eigenvalue weighted by Crippen LogP contribution is -2.22. The second-order valence-corrected chi connectivity index (χ2v) is 9.06. The Morgan fingerprint density at radius 2 is 1.97 bits per heavy atom. The van der Waals surface area contributed by atoms with Crippen molar-refractivity contribution in [2.75, 3.05) is 12.4 Å². The molecule has 2 heterocycles. The van der Waals surface area contributed by atoms with E-state index in [1.165, 1.54) is 28.7 Å². The number of thiazole rings is 1. The van der Waals surface area contributed by atoms with Crippen molar-refractivity contribution in [1.82, 2.24) is 15.2 Å². The highest BCUT2D eigenvalue weighted by Gasteiger charge is 2.21. The fraction of sp³-hybridized carbons (Fsp3) is 0.217. The van der Waals surface area contributed by atoms with Crippen LogP contribution in [-0.2, 0) is 11.2 Å². The minimum absolute atomic E-state index is 0.186. The molecular formula is C23H22N4O3S2. The Bertz CT molecular complexity index is 1200. The second kappa shape index (κ2) is 9.97. The van der Waals surface area contributed by atoms with Gasteiger partial charge in [-0.15, -0.1) is 21.5 Å². The Labute approximate surface area is 194 Å². The SMILES string of the molecule is CCc1ccc(-c2csc(NC(=O)[C@@H](C)Sc3nnc(-c4ccccc4OC)o3)n2)cc1. The van der Waals surface area contributed by atoms with E-state index >= 15 is 0 Å².